The van der Waals surface area contributed by atoms with Crippen LogP contribution < -0.4 is 0 Å². The molecule has 0 aromatic heterocycles. The Morgan fingerprint density at radius 1 is 0.649 bits per heavy atom. The summed E-state index contributed by atoms with van der Waals surface area (Å²) in [4.78, 5) is 13.0. The Kier molecular flexibility index (Phi) is 16.4. The molecule has 4 aliphatic carbocycles. The van der Waals surface area contributed by atoms with Gasteiger partial charge in [-0.3, -0.25) is 4.79 Å². The molecule has 0 aromatic rings. The van der Waals surface area contributed by atoms with Gasteiger partial charge in [-0.15, -0.1) is 0 Å². The highest BCUT2D eigenvalue weighted by atomic mass is 16.8. The zero-order valence-electron chi connectivity index (χ0n) is 43.6. The van der Waals surface area contributed by atoms with E-state index in [1.165, 1.54) is 18.1 Å². The van der Waals surface area contributed by atoms with Gasteiger partial charge in [0, 0.05) is 17.3 Å². The van der Waals surface area contributed by atoms with Gasteiger partial charge in [0.1, 0.15) is 91.6 Å². The third-order valence-corrected chi connectivity index (χ3v) is 20.5. The fourth-order valence-corrected chi connectivity index (χ4v) is 15.6. The summed E-state index contributed by atoms with van der Waals surface area (Å²) in [7, 11) is 0. The highest BCUT2D eigenvalue weighted by Crippen LogP contribution is 2.75. The fraction of sp³-hybridized carbons (Fsp3) is 0.942. The minimum atomic E-state index is -1.91. The topological polar surface area (TPSA) is 343 Å². The van der Waals surface area contributed by atoms with Crippen LogP contribution in [0.15, 0.2) is 11.1 Å². The second-order valence-electron chi connectivity index (χ2n) is 24.1. The second-order valence-corrected chi connectivity index (χ2v) is 24.1. The maximum Gasteiger partial charge on any atom is 0.187 e. The number of hydrogen-bond donors (Lipinski definition) is 12. The first-order valence-corrected chi connectivity index (χ1v) is 27.0. The number of fused-ring (bicyclic) bond motifs is 5. The number of aliphatic hydroxyl groups is 12. The molecule has 7 fully saturated rings. The zero-order chi connectivity index (χ0) is 53.8. The molecule has 0 bridgehead atoms. The third-order valence-electron chi connectivity index (χ3n) is 20.5. The summed E-state index contributed by atoms with van der Waals surface area (Å²) in [6, 6.07) is 0. The van der Waals surface area contributed by atoms with Crippen LogP contribution in [-0.2, 0) is 47.4 Å². The Balaban J connectivity index is 0.892. The van der Waals surface area contributed by atoms with E-state index >= 15 is 0 Å². The van der Waals surface area contributed by atoms with Crippen molar-refractivity contribution < 1.29 is 109 Å². The first-order chi connectivity index (χ1) is 34.9. The van der Waals surface area contributed by atoms with E-state index in [1.807, 2.05) is 13.8 Å². The van der Waals surface area contributed by atoms with Crippen LogP contribution in [0, 0.1) is 33.5 Å². The summed E-state index contributed by atoms with van der Waals surface area (Å²) in [5.41, 5.74) is 1.10. The smallest absolute Gasteiger partial charge is 0.187 e. The maximum atomic E-state index is 13.0. The Hall–Kier alpha value is -1.43. The van der Waals surface area contributed by atoms with Gasteiger partial charge < -0.3 is 104 Å². The summed E-state index contributed by atoms with van der Waals surface area (Å²) in [5.74, 6) is 0.375. The van der Waals surface area contributed by atoms with E-state index in [1.54, 1.807) is 0 Å². The summed E-state index contributed by atoms with van der Waals surface area (Å²) in [5, 5.41) is 131. The van der Waals surface area contributed by atoms with Crippen LogP contribution >= 0.6 is 0 Å². The Labute approximate surface area is 431 Å². The van der Waals surface area contributed by atoms with Crippen LogP contribution in [-0.4, -0.2) is 228 Å². The normalized spacial score (nSPS) is 54.7. The van der Waals surface area contributed by atoms with E-state index in [-0.39, 0.29) is 52.2 Å². The molecular formula is C52H84O22. The van der Waals surface area contributed by atoms with E-state index < -0.39 is 148 Å². The van der Waals surface area contributed by atoms with Gasteiger partial charge in [-0.05, 0) is 87.4 Å². The largest absolute Gasteiger partial charge is 0.396 e. The zero-order valence-corrected chi connectivity index (χ0v) is 43.6. The molecular weight excluding hydrogens is 977 g/mol. The lowest BCUT2D eigenvalue weighted by molar-refractivity contribution is -0.390. The molecule has 12 N–H and O–H groups in total. The quantitative estimate of drug-likeness (QED) is 0.0940. The Morgan fingerprint density at radius 2 is 1.28 bits per heavy atom. The molecule has 5 heterocycles. The SMILES string of the molecule is CCC(=O)[C@@H]1C[C@@H](C)[C@]2(CC[C@@]3(C)C4=C(CC[C@@]32C)[C@@]2(C)CC[C@H](O[C@@H]3O[C@H](CO[C@@H]5OC[C@H](O)[C@H](O)[C@H]5O[C@@H]5O[C@H](CO)[C@@H](O)[C@H](O)[C@H]5O[C@@H]5O[C@@H](C)[C@H](O)[C@@H](O)[C@H]5O)[C@@H](O)[C@H](O)[C@H]3O)[C@](C)(CO)[C@@H]2CC4)O1. The van der Waals surface area contributed by atoms with Gasteiger partial charge in [0.25, 0.3) is 0 Å². The van der Waals surface area contributed by atoms with Gasteiger partial charge >= 0.3 is 0 Å². The molecule has 0 amide bonds. The van der Waals surface area contributed by atoms with Crippen molar-refractivity contribution in [2.45, 2.75) is 247 Å². The standard InChI is InChI=1S/C52H84O22/c1-8-26(55)28-17-22(2)52(74-28)16-15-50(6)25-9-10-31-48(4,24(25)11-14-51(50,52)7)13-12-32(49(31,5)21-54)71-45-41(65)38(62)36(60)30(70-45)20-67-46-42(34(58)27(56)19-66-46)73-47-43(39(63)35(59)29(18-53)69-47)72-44-40(64)37(61)33(57)23(3)68-44/h22-23,27-47,53-54,56-65H,8-21H2,1-7H3/t22-,23+,27+,28+,29-,30-,31-,32+,33+,34+,35-,36-,37-,38+,39+,40-,41-,42-,43-,44+,45+,46+,47+,48-,49-,50+,51+,52+/m1/s1. The van der Waals surface area contributed by atoms with Crippen LogP contribution in [0.3, 0.4) is 0 Å². The maximum absolute atomic E-state index is 13.0. The molecule has 5 aliphatic heterocycles. The number of Topliss-reactive ketones (excluding diaryl/α,β-unsaturated/α-hetero) is 1. The van der Waals surface area contributed by atoms with E-state index in [2.05, 4.69) is 27.7 Å². The lowest BCUT2D eigenvalue weighted by Gasteiger charge is -2.63. The number of carbonyl (C=O) groups is 1. The minimum absolute atomic E-state index is 0.0370. The molecule has 1 spiro atoms. The molecule has 2 saturated carbocycles. The van der Waals surface area contributed by atoms with Crippen LogP contribution in [0.2, 0.25) is 0 Å². The van der Waals surface area contributed by atoms with E-state index in [0.717, 1.165) is 44.9 Å². The van der Waals surface area contributed by atoms with Crippen molar-refractivity contribution in [3.05, 3.63) is 11.1 Å². The van der Waals surface area contributed by atoms with Crippen LogP contribution in [0.25, 0.3) is 0 Å². The average Bonchev–Trinajstić information content (AvgIpc) is 3.86. The monoisotopic (exact) mass is 1060 g/mol. The molecule has 0 unspecified atom stereocenters. The predicted octanol–water partition coefficient (Wildman–Crippen LogP) is -1.44. The van der Waals surface area contributed by atoms with E-state index in [9.17, 15) is 66.1 Å². The summed E-state index contributed by atoms with van der Waals surface area (Å²) >= 11 is 0. The molecule has 5 saturated heterocycles. The van der Waals surface area contributed by atoms with Gasteiger partial charge in [-0.25, -0.2) is 0 Å². The number of carbonyl (C=O) groups excluding carboxylic acids is 1. The molecule has 9 aliphatic rings. The highest BCUT2D eigenvalue weighted by molar-refractivity contribution is 5.83. The van der Waals surface area contributed by atoms with Crippen molar-refractivity contribution in [1.29, 1.82) is 0 Å². The van der Waals surface area contributed by atoms with Crippen LogP contribution in [0.5, 0.6) is 0 Å². The van der Waals surface area contributed by atoms with Crippen molar-refractivity contribution in [3.8, 4) is 0 Å². The molecule has 22 heteroatoms. The Bertz CT molecular complexity index is 2030. The molecule has 74 heavy (non-hydrogen) atoms. The van der Waals surface area contributed by atoms with Crippen molar-refractivity contribution in [2.75, 3.05) is 26.4 Å². The number of rotatable bonds is 13. The molecule has 0 radical (unpaired) electrons. The average molecular weight is 1060 g/mol. The summed E-state index contributed by atoms with van der Waals surface area (Å²) in [6.07, 6.45) is -24.8. The lowest BCUT2D eigenvalue weighted by atomic mass is 9.42. The Morgan fingerprint density at radius 3 is 1.96 bits per heavy atom. The first-order valence-electron chi connectivity index (χ1n) is 27.0. The van der Waals surface area contributed by atoms with Crippen molar-refractivity contribution in [2.24, 2.45) is 33.5 Å². The van der Waals surface area contributed by atoms with E-state index in [4.69, 9.17) is 42.6 Å². The number of allylic oxidation sites excluding steroid dienone is 2. The molecule has 0 aromatic carbocycles. The van der Waals surface area contributed by atoms with Crippen molar-refractivity contribution >= 4 is 5.78 Å². The van der Waals surface area contributed by atoms with Gasteiger partial charge in [0.05, 0.1) is 44.2 Å². The molecule has 424 valence electrons. The summed E-state index contributed by atoms with van der Waals surface area (Å²) < 4.78 is 54.7. The number of hydrogen-bond acceptors (Lipinski definition) is 22. The fourth-order valence-electron chi connectivity index (χ4n) is 15.6. The van der Waals surface area contributed by atoms with Crippen LogP contribution in [0.4, 0.5) is 0 Å². The number of ether oxygens (including phenoxy) is 9. The van der Waals surface area contributed by atoms with Gasteiger partial charge in [-0.2, -0.15) is 0 Å². The minimum Gasteiger partial charge on any atom is -0.396 e. The molecule has 28 atom stereocenters. The van der Waals surface area contributed by atoms with Gasteiger partial charge in [0.15, 0.2) is 30.9 Å². The van der Waals surface area contributed by atoms with Crippen LogP contribution in [0.1, 0.15) is 113 Å². The highest BCUT2D eigenvalue weighted by Gasteiger charge is 2.72. The molecule has 22 nitrogen and oxygen atoms in total. The molecule has 9 rings (SSSR count). The van der Waals surface area contributed by atoms with Crippen molar-refractivity contribution in [1.82, 2.24) is 0 Å². The first kappa shape index (κ1) is 57.3. The van der Waals surface area contributed by atoms with Gasteiger partial charge in [0.2, 0.25) is 0 Å². The predicted molar refractivity (Wildman–Crippen MR) is 253 cm³/mol. The van der Waals surface area contributed by atoms with E-state index in [0.29, 0.717) is 19.3 Å². The second kappa shape index (κ2) is 21.2. The number of ketones is 1. The van der Waals surface area contributed by atoms with Gasteiger partial charge in [-0.1, -0.05) is 52.7 Å². The van der Waals surface area contributed by atoms with Crippen molar-refractivity contribution in [3.63, 3.8) is 0 Å². The lowest BCUT2D eigenvalue weighted by Crippen LogP contribution is -2.66. The summed E-state index contributed by atoms with van der Waals surface area (Å²) in [6.45, 7) is 12.5. The third kappa shape index (κ3) is 9.02. The number of aliphatic hydroxyl groups excluding tert-OH is 12.